The zero-order chi connectivity index (χ0) is 20.1. The Morgan fingerprint density at radius 2 is 1.89 bits per heavy atom. The van der Waals surface area contributed by atoms with Crippen molar-refractivity contribution in [1.82, 2.24) is 5.32 Å². The Hall–Kier alpha value is -2.67. The van der Waals surface area contributed by atoms with E-state index in [1.807, 2.05) is 20.8 Å². The van der Waals surface area contributed by atoms with Gasteiger partial charge in [-0.25, -0.2) is 4.79 Å². The number of aliphatic hydroxyl groups excluding tert-OH is 1. The van der Waals surface area contributed by atoms with Gasteiger partial charge in [-0.1, -0.05) is 13.8 Å². The van der Waals surface area contributed by atoms with E-state index in [-0.39, 0.29) is 24.2 Å². The lowest BCUT2D eigenvalue weighted by atomic mass is 10.0. The number of amides is 2. The monoisotopic (exact) mass is 374 g/mol. The van der Waals surface area contributed by atoms with E-state index in [0.717, 1.165) is 10.9 Å². The standard InChI is InChI=1S/C20H26N2O5/c1-11(2)7-16(22-18(24)9-13(4)23)20(26)21-14-5-6-15-12(3)8-19(25)27-17(15)10-14/h5-6,8,10-11,13,16,23H,7,9H2,1-4H3,(H,21,26)(H,22,24)/t13-,16-/m0/s1. The summed E-state index contributed by atoms with van der Waals surface area (Å²) < 4.78 is 5.19. The van der Waals surface area contributed by atoms with Crippen LogP contribution in [0.4, 0.5) is 5.69 Å². The smallest absolute Gasteiger partial charge is 0.336 e. The Morgan fingerprint density at radius 3 is 2.52 bits per heavy atom. The van der Waals surface area contributed by atoms with Crippen molar-refractivity contribution in [3.63, 3.8) is 0 Å². The van der Waals surface area contributed by atoms with E-state index < -0.39 is 17.8 Å². The molecule has 0 aliphatic heterocycles. The van der Waals surface area contributed by atoms with Gasteiger partial charge >= 0.3 is 5.63 Å². The van der Waals surface area contributed by atoms with Gasteiger partial charge in [-0.15, -0.1) is 0 Å². The molecule has 0 aliphatic carbocycles. The van der Waals surface area contributed by atoms with Gasteiger partial charge in [0.25, 0.3) is 0 Å². The first-order chi connectivity index (χ1) is 12.7. The molecule has 0 saturated carbocycles. The molecule has 0 aliphatic rings. The molecule has 2 atom stereocenters. The summed E-state index contributed by atoms with van der Waals surface area (Å²) in [6, 6.07) is 5.77. The van der Waals surface area contributed by atoms with Crippen LogP contribution in [0.5, 0.6) is 0 Å². The van der Waals surface area contributed by atoms with Gasteiger partial charge in [0.15, 0.2) is 0 Å². The molecule has 7 heteroatoms. The first-order valence-corrected chi connectivity index (χ1v) is 8.98. The van der Waals surface area contributed by atoms with Crippen LogP contribution in [0, 0.1) is 12.8 Å². The lowest BCUT2D eigenvalue weighted by molar-refractivity contribution is -0.128. The van der Waals surface area contributed by atoms with Gasteiger partial charge in [-0.3, -0.25) is 9.59 Å². The minimum atomic E-state index is -0.778. The summed E-state index contributed by atoms with van der Waals surface area (Å²) in [7, 11) is 0. The second-order valence-corrected chi connectivity index (χ2v) is 7.25. The lowest BCUT2D eigenvalue weighted by Gasteiger charge is -2.20. The van der Waals surface area contributed by atoms with Gasteiger partial charge in [0.2, 0.25) is 11.8 Å². The van der Waals surface area contributed by atoms with E-state index >= 15 is 0 Å². The van der Waals surface area contributed by atoms with E-state index in [9.17, 15) is 19.5 Å². The second-order valence-electron chi connectivity index (χ2n) is 7.25. The molecule has 0 bridgehead atoms. The number of nitrogens with one attached hydrogen (secondary N) is 2. The minimum Gasteiger partial charge on any atom is -0.423 e. The summed E-state index contributed by atoms with van der Waals surface area (Å²) in [5.41, 5.74) is 1.20. The molecular formula is C20H26N2O5. The van der Waals surface area contributed by atoms with Crippen molar-refractivity contribution < 1.29 is 19.1 Å². The molecule has 0 spiro atoms. The van der Waals surface area contributed by atoms with Crippen LogP contribution in [0.1, 0.15) is 39.2 Å². The number of anilines is 1. The highest BCUT2D eigenvalue weighted by molar-refractivity contribution is 5.98. The van der Waals surface area contributed by atoms with E-state index in [2.05, 4.69) is 10.6 Å². The molecule has 0 unspecified atom stereocenters. The Morgan fingerprint density at radius 1 is 1.19 bits per heavy atom. The van der Waals surface area contributed by atoms with Crippen LogP contribution in [0.15, 0.2) is 33.5 Å². The van der Waals surface area contributed by atoms with Crippen LogP contribution in [0.2, 0.25) is 0 Å². The summed E-state index contributed by atoms with van der Waals surface area (Å²) in [5, 5.41) is 15.6. The van der Waals surface area contributed by atoms with Crippen molar-refractivity contribution >= 4 is 28.5 Å². The van der Waals surface area contributed by atoms with E-state index in [1.54, 1.807) is 18.2 Å². The second kappa shape index (κ2) is 8.81. The highest BCUT2D eigenvalue weighted by atomic mass is 16.4. The van der Waals surface area contributed by atoms with Crippen LogP contribution < -0.4 is 16.3 Å². The first kappa shape index (κ1) is 20.6. The van der Waals surface area contributed by atoms with Gasteiger partial charge in [0.1, 0.15) is 11.6 Å². The lowest BCUT2D eigenvalue weighted by Crippen LogP contribution is -2.45. The molecule has 0 fully saturated rings. The minimum absolute atomic E-state index is 0.0672. The summed E-state index contributed by atoms with van der Waals surface area (Å²) >= 11 is 0. The predicted octanol–water partition coefficient (Wildman–Crippen LogP) is 2.34. The SMILES string of the molecule is Cc1cc(=O)oc2cc(NC(=O)[C@H](CC(C)C)NC(=O)C[C@H](C)O)ccc12. The fourth-order valence-electron chi connectivity index (χ4n) is 2.86. The van der Waals surface area contributed by atoms with E-state index in [4.69, 9.17) is 4.42 Å². The maximum Gasteiger partial charge on any atom is 0.336 e. The first-order valence-electron chi connectivity index (χ1n) is 8.98. The molecule has 2 rings (SSSR count). The highest BCUT2D eigenvalue weighted by Crippen LogP contribution is 2.21. The van der Waals surface area contributed by atoms with Gasteiger partial charge < -0.3 is 20.2 Å². The number of rotatable bonds is 7. The third kappa shape index (κ3) is 5.92. The molecule has 7 nitrogen and oxygen atoms in total. The van der Waals surface area contributed by atoms with E-state index in [1.165, 1.54) is 13.0 Å². The number of hydrogen-bond acceptors (Lipinski definition) is 5. The molecule has 1 aromatic carbocycles. The van der Waals surface area contributed by atoms with Crippen molar-refractivity contribution in [3.05, 3.63) is 40.2 Å². The zero-order valence-corrected chi connectivity index (χ0v) is 16.0. The molecule has 0 saturated heterocycles. The van der Waals surface area contributed by atoms with Crippen molar-refractivity contribution in [2.24, 2.45) is 5.92 Å². The number of hydrogen-bond donors (Lipinski definition) is 3. The Balaban J connectivity index is 2.19. The zero-order valence-electron chi connectivity index (χ0n) is 16.0. The normalized spacial score (nSPS) is 13.4. The topological polar surface area (TPSA) is 109 Å². The number of carbonyl (C=O) groups excluding carboxylic acids is 2. The predicted molar refractivity (Wildman–Crippen MR) is 104 cm³/mol. The van der Waals surface area contributed by atoms with Gasteiger partial charge in [-0.2, -0.15) is 0 Å². The third-order valence-corrected chi connectivity index (χ3v) is 4.06. The van der Waals surface area contributed by atoms with Crippen LogP contribution in [-0.2, 0) is 9.59 Å². The molecule has 146 valence electrons. The summed E-state index contributed by atoms with van der Waals surface area (Å²) in [4.78, 5) is 36.2. The van der Waals surface area contributed by atoms with Crippen molar-refractivity contribution in [2.75, 3.05) is 5.32 Å². The summed E-state index contributed by atoms with van der Waals surface area (Å²) in [6.45, 7) is 7.24. The summed E-state index contributed by atoms with van der Waals surface area (Å²) in [6.07, 6.45) is -0.388. The molecular weight excluding hydrogens is 348 g/mol. The van der Waals surface area contributed by atoms with E-state index in [0.29, 0.717) is 17.7 Å². The van der Waals surface area contributed by atoms with Crippen molar-refractivity contribution in [3.8, 4) is 0 Å². The van der Waals surface area contributed by atoms with Crippen molar-refractivity contribution in [1.29, 1.82) is 0 Å². The molecule has 2 amide bonds. The Bertz CT molecular complexity index is 886. The number of aryl methyl sites for hydroxylation is 1. The number of carbonyl (C=O) groups is 2. The molecule has 1 heterocycles. The highest BCUT2D eigenvalue weighted by Gasteiger charge is 2.22. The van der Waals surface area contributed by atoms with Gasteiger partial charge in [-0.05, 0) is 43.9 Å². The summed E-state index contributed by atoms with van der Waals surface area (Å²) in [5.74, 6) is -0.562. The number of benzene rings is 1. The fourth-order valence-corrected chi connectivity index (χ4v) is 2.86. The van der Waals surface area contributed by atoms with Gasteiger partial charge in [0.05, 0.1) is 12.5 Å². The Kier molecular flexibility index (Phi) is 6.74. The fraction of sp³-hybridized carbons (Fsp3) is 0.450. The maximum absolute atomic E-state index is 12.7. The molecule has 1 aromatic heterocycles. The van der Waals surface area contributed by atoms with Crippen LogP contribution in [0.3, 0.4) is 0 Å². The average Bonchev–Trinajstić information content (AvgIpc) is 2.52. The van der Waals surface area contributed by atoms with Crippen LogP contribution >= 0.6 is 0 Å². The number of aliphatic hydroxyl groups is 1. The molecule has 0 radical (unpaired) electrons. The largest absolute Gasteiger partial charge is 0.423 e. The molecule has 3 N–H and O–H groups in total. The Labute approximate surface area is 157 Å². The molecule has 2 aromatic rings. The number of fused-ring (bicyclic) bond motifs is 1. The van der Waals surface area contributed by atoms with Gasteiger partial charge in [0, 0.05) is 23.2 Å². The quantitative estimate of drug-likeness (QED) is 0.645. The average molecular weight is 374 g/mol. The van der Waals surface area contributed by atoms with Crippen LogP contribution in [0.25, 0.3) is 11.0 Å². The maximum atomic E-state index is 12.7. The molecule has 27 heavy (non-hydrogen) atoms. The van der Waals surface area contributed by atoms with Crippen LogP contribution in [-0.4, -0.2) is 29.1 Å². The van der Waals surface area contributed by atoms with Crippen molar-refractivity contribution in [2.45, 2.75) is 52.7 Å². The third-order valence-electron chi connectivity index (χ3n) is 4.06.